The van der Waals surface area contributed by atoms with E-state index in [9.17, 15) is 9.59 Å². The Balaban J connectivity index is 1.59. The summed E-state index contributed by atoms with van der Waals surface area (Å²) in [6.07, 6.45) is 5.12. The Morgan fingerprint density at radius 2 is 1.97 bits per heavy atom. The summed E-state index contributed by atoms with van der Waals surface area (Å²) in [4.78, 5) is 39.7. The van der Waals surface area contributed by atoms with Crippen molar-refractivity contribution in [2.75, 3.05) is 45.2 Å². The van der Waals surface area contributed by atoms with Gasteiger partial charge in [-0.1, -0.05) is 23.7 Å². The van der Waals surface area contributed by atoms with Crippen molar-refractivity contribution >= 4 is 29.4 Å². The molecule has 1 atom stereocenters. The van der Waals surface area contributed by atoms with Crippen LogP contribution in [0.25, 0.3) is 11.1 Å². The van der Waals surface area contributed by atoms with Gasteiger partial charge in [0.25, 0.3) is 0 Å². The Labute approximate surface area is 188 Å². The van der Waals surface area contributed by atoms with E-state index in [4.69, 9.17) is 16.6 Å². The number of nitrogens with zero attached hydrogens (tertiary/aromatic N) is 5. The Hall–Kier alpha value is -2.67. The van der Waals surface area contributed by atoms with Crippen LogP contribution in [0.4, 0.5) is 5.95 Å². The second kappa shape index (κ2) is 9.22. The second-order valence-corrected chi connectivity index (χ2v) is 8.90. The van der Waals surface area contributed by atoms with Gasteiger partial charge in [0.1, 0.15) is 0 Å². The molecule has 1 aromatic heterocycles. The van der Waals surface area contributed by atoms with Crippen LogP contribution in [0.3, 0.4) is 0 Å². The van der Waals surface area contributed by atoms with Crippen molar-refractivity contribution < 1.29 is 9.59 Å². The maximum Gasteiger partial charge on any atom is 0.242 e. The Morgan fingerprint density at radius 1 is 1.19 bits per heavy atom. The van der Waals surface area contributed by atoms with Gasteiger partial charge in [0, 0.05) is 62.9 Å². The standard InChI is InChI=1S/C23H28ClN5O2/c1-27(2)23-25-13-19(16-7-9-18(24)10-8-16)22(26-23)17-5-3-11-28(14-17)21(31)15-29-12-4-6-20(29)30/h7-10,13,17H,3-6,11-12,14-15H2,1-2H3/t17-/m1/s1. The maximum atomic E-state index is 12.9. The summed E-state index contributed by atoms with van der Waals surface area (Å²) in [6.45, 7) is 2.19. The first kappa shape index (κ1) is 21.6. The zero-order valence-electron chi connectivity index (χ0n) is 18.1. The highest BCUT2D eigenvalue weighted by atomic mass is 35.5. The smallest absolute Gasteiger partial charge is 0.242 e. The number of hydrogen-bond donors (Lipinski definition) is 0. The average molecular weight is 442 g/mol. The van der Waals surface area contributed by atoms with Crippen molar-refractivity contribution in [2.24, 2.45) is 0 Å². The molecule has 0 saturated carbocycles. The van der Waals surface area contributed by atoms with Crippen LogP contribution in [0.5, 0.6) is 0 Å². The molecule has 164 valence electrons. The van der Waals surface area contributed by atoms with Gasteiger partial charge in [-0.2, -0.15) is 0 Å². The largest absolute Gasteiger partial charge is 0.347 e. The molecule has 0 bridgehead atoms. The zero-order valence-corrected chi connectivity index (χ0v) is 18.8. The van der Waals surface area contributed by atoms with Crippen molar-refractivity contribution in [3.05, 3.63) is 41.2 Å². The lowest BCUT2D eigenvalue weighted by atomic mass is 9.90. The fraction of sp³-hybridized carbons (Fsp3) is 0.478. The molecule has 0 aliphatic carbocycles. The van der Waals surface area contributed by atoms with E-state index < -0.39 is 0 Å². The Morgan fingerprint density at radius 3 is 2.65 bits per heavy atom. The van der Waals surface area contributed by atoms with Gasteiger partial charge in [-0.25, -0.2) is 9.97 Å². The quantitative estimate of drug-likeness (QED) is 0.712. The lowest BCUT2D eigenvalue weighted by molar-refractivity contribution is -0.139. The van der Waals surface area contributed by atoms with E-state index in [1.807, 2.05) is 54.4 Å². The van der Waals surface area contributed by atoms with Gasteiger partial charge >= 0.3 is 0 Å². The van der Waals surface area contributed by atoms with E-state index in [-0.39, 0.29) is 24.3 Å². The molecule has 2 saturated heterocycles. The van der Waals surface area contributed by atoms with Gasteiger partial charge in [-0.3, -0.25) is 9.59 Å². The van der Waals surface area contributed by atoms with Gasteiger partial charge in [0.05, 0.1) is 12.2 Å². The van der Waals surface area contributed by atoms with Crippen molar-refractivity contribution in [2.45, 2.75) is 31.6 Å². The van der Waals surface area contributed by atoms with Crippen LogP contribution in [-0.2, 0) is 9.59 Å². The molecule has 0 spiro atoms. The summed E-state index contributed by atoms with van der Waals surface area (Å²) in [5, 5.41) is 0.682. The number of halogens is 1. The molecule has 8 heteroatoms. The highest BCUT2D eigenvalue weighted by molar-refractivity contribution is 6.30. The molecule has 2 aliphatic rings. The first-order valence-electron chi connectivity index (χ1n) is 10.8. The predicted octanol–water partition coefficient (Wildman–Crippen LogP) is 3.19. The van der Waals surface area contributed by atoms with Crippen molar-refractivity contribution in [3.63, 3.8) is 0 Å². The summed E-state index contributed by atoms with van der Waals surface area (Å²) in [5.41, 5.74) is 2.93. The number of rotatable bonds is 5. The maximum absolute atomic E-state index is 12.9. The molecule has 2 fully saturated rings. The summed E-state index contributed by atoms with van der Waals surface area (Å²) in [5.74, 6) is 0.867. The summed E-state index contributed by atoms with van der Waals surface area (Å²) < 4.78 is 0. The number of piperidine rings is 1. The van der Waals surface area contributed by atoms with Crippen molar-refractivity contribution in [3.8, 4) is 11.1 Å². The van der Waals surface area contributed by atoms with Gasteiger partial charge in [0.15, 0.2) is 0 Å². The molecule has 0 unspecified atom stereocenters. The van der Waals surface area contributed by atoms with E-state index >= 15 is 0 Å². The van der Waals surface area contributed by atoms with Crippen LogP contribution in [0.2, 0.25) is 5.02 Å². The van der Waals surface area contributed by atoms with E-state index in [1.54, 1.807) is 4.90 Å². The van der Waals surface area contributed by atoms with Gasteiger partial charge in [0.2, 0.25) is 17.8 Å². The van der Waals surface area contributed by atoms with Crippen LogP contribution >= 0.6 is 11.6 Å². The molecule has 4 rings (SSSR count). The number of likely N-dealkylation sites (tertiary alicyclic amines) is 2. The second-order valence-electron chi connectivity index (χ2n) is 8.47. The van der Waals surface area contributed by atoms with Crippen LogP contribution in [-0.4, -0.2) is 71.9 Å². The number of aromatic nitrogens is 2. The third-order valence-electron chi connectivity index (χ3n) is 6.02. The van der Waals surface area contributed by atoms with E-state index in [1.165, 1.54) is 0 Å². The summed E-state index contributed by atoms with van der Waals surface area (Å²) in [6, 6.07) is 7.68. The molecule has 31 heavy (non-hydrogen) atoms. The minimum atomic E-state index is 0.0230. The molecule has 0 radical (unpaired) electrons. The number of amides is 2. The third-order valence-corrected chi connectivity index (χ3v) is 6.27. The highest BCUT2D eigenvalue weighted by Crippen LogP contribution is 2.34. The lowest BCUT2D eigenvalue weighted by Crippen LogP contribution is -2.45. The molecule has 1 aromatic carbocycles. The molecule has 2 aliphatic heterocycles. The minimum absolute atomic E-state index is 0.0230. The molecular formula is C23H28ClN5O2. The molecular weight excluding hydrogens is 414 g/mol. The normalized spacial score (nSPS) is 19.1. The molecule has 3 heterocycles. The average Bonchev–Trinajstić information content (AvgIpc) is 3.18. The lowest BCUT2D eigenvalue weighted by Gasteiger charge is -2.34. The number of anilines is 1. The third kappa shape index (κ3) is 4.82. The van der Waals surface area contributed by atoms with E-state index in [0.717, 1.165) is 42.6 Å². The molecule has 0 N–H and O–H groups in total. The van der Waals surface area contributed by atoms with E-state index in [2.05, 4.69) is 4.98 Å². The summed E-state index contributed by atoms with van der Waals surface area (Å²) in [7, 11) is 3.84. The first-order chi connectivity index (χ1) is 14.9. The van der Waals surface area contributed by atoms with Crippen LogP contribution in [0, 0.1) is 0 Å². The number of carbonyl (C=O) groups excluding carboxylic acids is 2. The van der Waals surface area contributed by atoms with Gasteiger partial charge in [-0.15, -0.1) is 0 Å². The molecule has 2 aromatic rings. The monoisotopic (exact) mass is 441 g/mol. The predicted molar refractivity (Wildman–Crippen MR) is 121 cm³/mol. The van der Waals surface area contributed by atoms with Crippen LogP contribution < -0.4 is 4.90 Å². The fourth-order valence-electron chi connectivity index (χ4n) is 4.33. The fourth-order valence-corrected chi connectivity index (χ4v) is 4.45. The first-order valence-corrected chi connectivity index (χ1v) is 11.2. The van der Waals surface area contributed by atoms with E-state index in [0.29, 0.717) is 30.5 Å². The minimum Gasteiger partial charge on any atom is -0.347 e. The van der Waals surface area contributed by atoms with Gasteiger partial charge in [-0.05, 0) is 37.0 Å². The topological polar surface area (TPSA) is 69.6 Å². The van der Waals surface area contributed by atoms with Crippen molar-refractivity contribution in [1.29, 1.82) is 0 Å². The van der Waals surface area contributed by atoms with Crippen LogP contribution in [0.1, 0.15) is 37.3 Å². The number of hydrogen-bond acceptors (Lipinski definition) is 5. The Bertz CT molecular complexity index is 963. The molecule has 2 amide bonds. The van der Waals surface area contributed by atoms with Crippen molar-refractivity contribution in [1.82, 2.24) is 19.8 Å². The zero-order chi connectivity index (χ0) is 22.0. The SMILES string of the molecule is CN(C)c1ncc(-c2ccc(Cl)cc2)c([C@@H]2CCCN(C(=O)CN3CCCC3=O)C2)n1. The Kier molecular flexibility index (Phi) is 6.41. The highest BCUT2D eigenvalue weighted by Gasteiger charge is 2.30. The molecule has 7 nitrogen and oxygen atoms in total. The summed E-state index contributed by atoms with van der Waals surface area (Å²) >= 11 is 6.08. The number of carbonyl (C=O) groups is 2. The van der Waals surface area contributed by atoms with Gasteiger partial charge < -0.3 is 14.7 Å². The number of benzene rings is 1. The van der Waals surface area contributed by atoms with Crippen LogP contribution in [0.15, 0.2) is 30.5 Å².